The molecule has 0 saturated heterocycles. The summed E-state index contributed by atoms with van der Waals surface area (Å²) in [6.07, 6.45) is 1.71. The van der Waals surface area contributed by atoms with Crippen LogP contribution in [0, 0.1) is 0 Å². The molecule has 94 valence electrons. The van der Waals surface area contributed by atoms with Crippen LogP contribution in [0.2, 0.25) is 0 Å². The Morgan fingerprint density at radius 2 is 2.00 bits per heavy atom. The molecule has 4 nitrogen and oxygen atoms in total. The molecule has 2 aromatic carbocycles. The Morgan fingerprint density at radius 1 is 1.16 bits per heavy atom. The fourth-order valence-electron chi connectivity index (χ4n) is 1.92. The van der Waals surface area contributed by atoms with E-state index in [0.717, 1.165) is 16.8 Å². The van der Waals surface area contributed by atoms with E-state index in [9.17, 15) is 4.79 Å². The molecule has 0 aliphatic rings. The second kappa shape index (κ2) is 4.94. The fraction of sp³-hybridized carbons (Fsp3) is 0.0667. The molecule has 0 bridgehead atoms. The summed E-state index contributed by atoms with van der Waals surface area (Å²) >= 11 is 0. The van der Waals surface area contributed by atoms with Crippen molar-refractivity contribution in [2.24, 2.45) is 0 Å². The maximum Gasteiger partial charge on any atom is 0.228 e. The van der Waals surface area contributed by atoms with Crippen LogP contribution >= 0.6 is 0 Å². The largest absolute Gasteiger partial charge is 0.443 e. The van der Waals surface area contributed by atoms with Crippen molar-refractivity contribution in [3.63, 3.8) is 0 Å². The van der Waals surface area contributed by atoms with Crippen LogP contribution in [0.5, 0.6) is 0 Å². The van der Waals surface area contributed by atoms with E-state index in [1.54, 1.807) is 0 Å². The van der Waals surface area contributed by atoms with Crippen LogP contribution in [0.1, 0.15) is 5.56 Å². The second-order valence-corrected chi connectivity index (χ2v) is 4.25. The van der Waals surface area contributed by atoms with E-state index in [-0.39, 0.29) is 5.91 Å². The van der Waals surface area contributed by atoms with E-state index in [2.05, 4.69) is 10.3 Å². The SMILES string of the molecule is O=C(Cc1ccc2ncoc2c1)Nc1ccccc1. The first kappa shape index (κ1) is 11.5. The summed E-state index contributed by atoms with van der Waals surface area (Å²) in [7, 11) is 0. The summed E-state index contributed by atoms with van der Waals surface area (Å²) in [4.78, 5) is 15.9. The van der Waals surface area contributed by atoms with Crippen molar-refractivity contribution in [2.75, 3.05) is 5.32 Å². The van der Waals surface area contributed by atoms with Crippen molar-refractivity contribution in [1.82, 2.24) is 4.98 Å². The number of oxazole rings is 1. The Labute approximate surface area is 110 Å². The lowest BCUT2D eigenvalue weighted by Crippen LogP contribution is -2.14. The van der Waals surface area contributed by atoms with Crippen LogP contribution in [0.3, 0.4) is 0 Å². The molecule has 0 fully saturated rings. The quantitative estimate of drug-likeness (QED) is 0.779. The molecule has 0 unspecified atom stereocenters. The lowest BCUT2D eigenvalue weighted by Gasteiger charge is -2.04. The van der Waals surface area contributed by atoms with Crippen LogP contribution in [-0.4, -0.2) is 10.9 Å². The van der Waals surface area contributed by atoms with Crippen molar-refractivity contribution in [3.05, 3.63) is 60.5 Å². The highest BCUT2D eigenvalue weighted by Gasteiger charge is 2.06. The normalized spacial score (nSPS) is 10.5. The molecule has 0 aliphatic carbocycles. The Bertz CT molecular complexity index is 704. The van der Waals surface area contributed by atoms with E-state index in [0.29, 0.717) is 12.0 Å². The molecule has 4 heteroatoms. The average molecular weight is 252 g/mol. The van der Waals surface area contributed by atoms with Crippen LogP contribution in [0.4, 0.5) is 5.69 Å². The number of anilines is 1. The number of rotatable bonds is 3. The summed E-state index contributed by atoms with van der Waals surface area (Å²) in [5.74, 6) is -0.0509. The first-order chi connectivity index (χ1) is 9.31. The number of nitrogens with one attached hydrogen (secondary N) is 1. The number of amides is 1. The minimum atomic E-state index is -0.0509. The van der Waals surface area contributed by atoms with Gasteiger partial charge in [0, 0.05) is 5.69 Å². The van der Waals surface area contributed by atoms with Gasteiger partial charge >= 0.3 is 0 Å². The van der Waals surface area contributed by atoms with E-state index < -0.39 is 0 Å². The third-order valence-electron chi connectivity index (χ3n) is 2.82. The maximum absolute atomic E-state index is 11.9. The molecule has 19 heavy (non-hydrogen) atoms. The number of nitrogens with zero attached hydrogens (tertiary/aromatic N) is 1. The van der Waals surface area contributed by atoms with E-state index in [1.807, 2.05) is 48.5 Å². The number of benzene rings is 2. The molecule has 1 amide bonds. The van der Waals surface area contributed by atoms with Crippen molar-refractivity contribution in [3.8, 4) is 0 Å². The number of carbonyl (C=O) groups excluding carboxylic acids is 1. The molecule has 0 aliphatic heterocycles. The summed E-state index contributed by atoms with van der Waals surface area (Å²) in [6.45, 7) is 0. The Hall–Kier alpha value is -2.62. The third kappa shape index (κ3) is 2.63. The highest BCUT2D eigenvalue weighted by Crippen LogP contribution is 2.15. The maximum atomic E-state index is 11.9. The van der Waals surface area contributed by atoms with E-state index in [4.69, 9.17) is 4.42 Å². The third-order valence-corrected chi connectivity index (χ3v) is 2.82. The molecule has 3 rings (SSSR count). The summed E-state index contributed by atoms with van der Waals surface area (Å²) in [5.41, 5.74) is 3.20. The van der Waals surface area contributed by atoms with Crippen LogP contribution < -0.4 is 5.32 Å². The number of aromatic nitrogens is 1. The lowest BCUT2D eigenvalue weighted by molar-refractivity contribution is -0.115. The molecular weight excluding hydrogens is 240 g/mol. The fourth-order valence-corrected chi connectivity index (χ4v) is 1.92. The van der Waals surface area contributed by atoms with Gasteiger partial charge in [0.05, 0.1) is 6.42 Å². The lowest BCUT2D eigenvalue weighted by atomic mass is 10.1. The van der Waals surface area contributed by atoms with Crippen molar-refractivity contribution in [2.45, 2.75) is 6.42 Å². The predicted octanol–water partition coefficient (Wildman–Crippen LogP) is 3.01. The van der Waals surface area contributed by atoms with Gasteiger partial charge in [-0.05, 0) is 29.8 Å². The summed E-state index contributed by atoms with van der Waals surface area (Å²) in [6, 6.07) is 15.0. The van der Waals surface area contributed by atoms with Crippen molar-refractivity contribution >= 4 is 22.7 Å². The van der Waals surface area contributed by atoms with Gasteiger partial charge < -0.3 is 9.73 Å². The molecular formula is C15H12N2O2. The number of para-hydroxylation sites is 1. The summed E-state index contributed by atoms with van der Waals surface area (Å²) < 4.78 is 5.22. The van der Waals surface area contributed by atoms with Gasteiger partial charge in [-0.3, -0.25) is 4.79 Å². The Morgan fingerprint density at radius 3 is 2.84 bits per heavy atom. The Kier molecular flexibility index (Phi) is 2.98. The van der Waals surface area contributed by atoms with Crippen molar-refractivity contribution < 1.29 is 9.21 Å². The molecule has 0 spiro atoms. The van der Waals surface area contributed by atoms with Gasteiger partial charge in [-0.1, -0.05) is 24.3 Å². The minimum absolute atomic E-state index is 0.0509. The van der Waals surface area contributed by atoms with Crippen LogP contribution in [-0.2, 0) is 11.2 Å². The zero-order valence-corrected chi connectivity index (χ0v) is 10.2. The second-order valence-electron chi connectivity index (χ2n) is 4.25. The molecule has 1 N–H and O–H groups in total. The first-order valence-corrected chi connectivity index (χ1v) is 5.98. The molecule has 0 saturated carbocycles. The van der Waals surface area contributed by atoms with Gasteiger partial charge in [0.2, 0.25) is 5.91 Å². The molecule has 1 heterocycles. The average Bonchev–Trinajstić information content (AvgIpc) is 2.87. The van der Waals surface area contributed by atoms with Crippen molar-refractivity contribution in [1.29, 1.82) is 0 Å². The Balaban J connectivity index is 1.72. The number of hydrogen-bond donors (Lipinski definition) is 1. The topological polar surface area (TPSA) is 55.1 Å². The zero-order valence-electron chi connectivity index (χ0n) is 10.2. The number of fused-ring (bicyclic) bond motifs is 1. The molecule has 0 radical (unpaired) electrons. The summed E-state index contributed by atoms with van der Waals surface area (Å²) in [5, 5.41) is 2.85. The monoisotopic (exact) mass is 252 g/mol. The van der Waals surface area contributed by atoms with Gasteiger partial charge in [0.1, 0.15) is 5.52 Å². The highest BCUT2D eigenvalue weighted by atomic mass is 16.3. The van der Waals surface area contributed by atoms with Gasteiger partial charge in [0.15, 0.2) is 12.0 Å². The van der Waals surface area contributed by atoms with Gasteiger partial charge in [-0.15, -0.1) is 0 Å². The smallest absolute Gasteiger partial charge is 0.228 e. The van der Waals surface area contributed by atoms with Crippen LogP contribution in [0.15, 0.2) is 59.3 Å². The standard InChI is InChI=1S/C15H12N2O2/c18-15(17-12-4-2-1-3-5-12)9-11-6-7-13-14(8-11)19-10-16-13/h1-8,10H,9H2,(H,17,18). The van der Waals surface area contributed by atoms with E-state index >= 15 is 0 Å². The molecule has 3 aromatic rings. The minimum Gasteiger partial charge on any atom is -0.443 e. The first-order valence-electron chi connectivity index (χ1n) is 5.98. The van der Waals surface area contributed by atoms with Gasteiger partial charge in [-0.2, -0.15) is 0 Å². The predicted molar refractivity (Wildman–Crippen MR) is 72.8 cm³/mol. The highest BCUT2D eigenvalue weighted by molar-refractivity contribution is 5.92. The van der Waals surface area contributed by atoms with Crippen LogP contribution in [0.25, 0.3) is 11.1 Å². The molecule has 1 aromatic heterocycles. The van der Waals surface area contributed by atoms with Gasteiger partial charge in [-0.25, -0.2) is 4.98 Å². The zero-order chi connectivity index (χ0) is 13.1. The number of hydrogen-bond acceptors (Lipinski definition) is 3. The molecule has 0 atom stereocenters. The van der Waals surface area contributed by atoms with Gasteiger partial charge in [0.25, 0.3) is 0 Å². The number of carbonyl (C=O) groups is 1. The van der Waals surface area contributed by atoms with E-state index in [1.165, 1.54) is 6.39 Å².